The Hall–Kier alpha value is -7.99. The largest absolute Gasteiger partial charge is 0.497 e. The molecule has 2 aliphatic rings. The summed E-state index contributed by atoms with van der Waals surface area (Å²) in [6.45, 7) is -4.00. The average Bonchev–Trinajstić information content (AvgIpc) is 3.73. The van der Waals surface area contributed by atoms with Gasteiger partial charge < -0.3 is 48.1 Å². The Balaban J connectivity index is 1.12. The molecule has 5 aromatic carbocycles. The van der Waals surface area contributed by atoms with Crippen LogP contribution in [0.1, 0.15) is 76.5 Å². The number of alkyl halides is 1. The maximum Gasteiger partial charge on any atom is 0.351 e. The van der Waals surface area contributed by atoms with Crippen molar-refractivity contribution >= 4 is 42.1 Å². The van der Waals surface area contributed by atoms with Crippen molar-refractivity contribution in [2.75, 3.05) is 46.0 Å². The van der Waals surface area contributed by atoms with Crippen LogP contribution in [0, 0.1) is 6.92 Å². The molecule has 9 rings (SSSR count). The third-order valence-corrected chi connectivity index (χ3v) is 16.2. The normalized spacial score (nSPS) is 19.7. The molecule has 0 spiro atoms. The quantitative estimate of drug-likeness (QED) is 0.0304. The van der Waals surface area contributed by atoms with Crippen molar-refractivity contribution in [1.29, 1.82) is 0 Å². The summed E-state index contributed by atoms with van der Waals surface area (Å²) in [6, 6.07) is 42.7. The minimum atomic E-state index is -4.33. The molecule has 0 aliphatic carbocycles. The molecule has 4 heterocycles. The number of esters is 1. The van der Waals surface area contributed by atoms with Gasteiger partial charge in [0.2, 0.25) is 0 Å². The zero-order chi connectivity index (χ0) is 58.7. The molecule has 83 heavy (non-hydrogen) atoms. The summed E-state index contributed by atoms with van der Waals surface area (Å²) in [7, 11) is 3.13. The highest BCUT2D eigenvalue weighted by atomic mass is 32.5. The van der Waals surface area contributed by atoms with Gasteiger partial charge in [-0.25, -0.2) is 14.0 Å². The van der Waals surface area contributed by atoms with Crippen molar-refractivity contribution in [1.82, 2.24) is 24.4 Å². The van der Waals surface area contributed by atoms with Gasteiger partial charge in [0.05, 0.1) is 33.5 Å². The fourth-order valence-corrected chi connectivity index (χ4v) is 12.1. The Morgan fingerprint density at radius 1 is 0.771 bits per heavy atom. The van der Waals surface area contributed by atoms with E-state index in [2.05, 4.69) is 20.6 Å². The van der Waals surface area contributed by atoms with Gasteiger partial charge in [-0.3, -0.25) is 37.8 Å². The number of aromatic nitrogens is 4. The molecule has 3 N–H and O–H groups in total. The predicted octanol–water partition coefficient (Wildman–Crippen LogP) is 7.36. The molecule has 0 radical (unpaired) electrons. The number of nitrogens with one attached hydrogen (secondary N) is 3. The van der Waals surface area contributed by atoms with Crippen molar-refractivity contribution < 1.29 is 60.8 Å². The topological polar surface area (TPSA) is 248 Å². The number of carbonyl (C=O) groups is 3. The van der Waals surface area contributed by atoms with Crippen LogP contribution in [0.25, 0.3) is 0 Å². The molecule has 1 unspecified atom stereocenters. The van der Waals surface area contributed by atoms with Crippen LogP contribution in [-0.4, -0.2) is 102 Å². The lowest BCUT2D eigenvalue weighted by Crippen LogP contribution is -2.38. The Morgan fingerprint density at radius 3 is 1.93 bits per heavy atom. The lowest BCUT2D eigenvalue weighted by atomic mass is 9.80. The van der Waals surface area contributed by atoms with Crippen LogP contribution < -0.4 is 37.0 Å². The lowest BCUT2D eigenvalue weighted by Gasteiger charge is -2.37. The van der Waals surface area contributed by atoms with E-state index in [1.807, 2.05) is 78.9 Å². The fourth-order valence-electron chi connectivity index (χ4n) is 9.76. The van der Waals surface area contributed by atoms with Crippen LogP contribution in [-0.2, 0) is 59.5 Å². The molecule has 24 heteroatoms. The third-order valence-electron chi connectivity index (χ3n) is 13.9. The van der Waals surface area contributed by atoms with Gasteiger partial charge in [0.25, 0.3) is 17.4 Å². The monoisotopic (exact) mass is 1170 g/mol. The molecular weight excluding hydrogens is 1110 g/mol. The lowest BCUT2D eigenvalue weighted by molar-refractivity contribution is -0.150. The second-order valence-corrected chi connectivity index (χ2v) is 22.2. The zero-order valence-electron chi connectivity index (χ0n) is 45.5. The molecule has 2 amide bonds. The summed E-state index contributed by atoms with van der Waals surface area (Å²) >= 11 is 6.38. The molecule has 2 saturated heterocycles. The van der Waals surface area contributed by atoms with E-state index in [9.17, 15) is 33.2 Å². The molecular formula is C59H60FN6O15PS. The Kier molecular flexibility index (Phi) is 19.4. The first-order valence-corrected chi connectivity index (χ1v) is 28.9. The van der Waals surface area contributed by atoms with Gasteiger partial charge in [-0.05, 0) is 83.4 Å². The summed E-state index contributed by atoms with van der Waals surface area (Å²) in [5.74, 6) is -0.934. The summed E-state index contributed by atoms with van der Waals surface area (Å²) in [5.41, 5.74) is -0.419. The number of methoxy groups -OCH3 is 2. The smallest absolute Gasteiger partial charge is 0.351 e. The van der Waals surface area contributed by atoms with Crippen LogP contribution >= 0.6 is 6.72 Å². The number of carbonyl (C=O) groups excluding carboxylic acids is 3. The van der Waals surface area contributed by atoms with Crippen LogP contribution in [0.15, 0.2) is 172 Å². The molecule has 434 valence electrons. The maximum atomic E-state index is 14.1. The molecule has 0 saturated carbocycles. The second kappa shape index (κ2) is 26.9. The SMILES string of the molecule is COc1ccc(C(OC[C@H]2O[C@@H](n3ccc(NC(=O)c4ccccc4)nc3=O)C[C@@H]2OP(=S)(OC[C@H]2O[C@@H](n3cc(C)c(=O)[nH]c3=O)C[C@@H]2OC(C)=O)O[C@H](CNC(=O)CF)c2ccccc2)(c2ccccc2)c2ccc(OC)cc2)cc1. The van der Waals surface area contributed by atoms with Crippen molar-refractivity contribution in [3.05, 3.63) is 223 Å². The van der Waals surface area contributed by atoms with E-state index < -0.39 is 103 Å². The van der Waals surface area contributed by atoms with Gasteiger partial charge in [-0.15, -0.1) is 0 Å². The number of ether oxygens (including phenoxy) is 6. The number of aryl methyl sites for hydroxylation is 1. The first kappa shape index (κ1) is 59.6. The number of benzene rings is 5. The van der Waals surface area contributed by atoms with Crippen molar-refractivity contribution in [2.45, 2.75) is 75.3 Å². The number of nitrogens with zero attached hydrogens (tertiary/aromatic N) is 3. The molecule has 2 aromatic heterocycles. The van der Waals surface area contributed by atoms with Crippen molar-refractivity contribution in [3.8, 4) is 11.5 Å². The van der Waals surface area contributed by atoms with E-state index in [0.29, 0.717) is 39.3 Å². The number of aromatic amines is 1. The van der Waals surface area contributed by atoms with Crippen LogP contribution in [0.3, 0.4) is 0 Å². The van der Waals surface area contributed by atoms with E-state index in [4.69, 9.17) is 53.8 Å². The van der Waals surface area contributed by atoms with Gasteiger partial charge in [-0.2, -0.15) is 4.98 Å². The van der Waals surface area contributed by atoms with Crippen LogP contribution in [0.5, 0.6) is 11.5 Å². The minimum Gasteiger partial charge on any atom is -0.497 e. The summed E-state index contributed by atoms with van der Waals surface area (Å²) in [4.78, 5) is 84.3. The van der Waals surface area contributed by atoms with Gasteiger partial charge in [0, 0.05) is 49.8 Å². The van der Waals surface area contributed by atoms with E-state index in [1.165, 1.54) is 41.4 Å². The summed E-state index contributed by atoms with van der Waals surface area (Å²) in [5, 5.41) is 5.19. The fraction of sp³-hybridized carbons (Fsp3) is 0.305. The number of hydrogen-bond donors (Lipinski definition) is 3. The number of H-pyrrole nitrogens is 1. The van der Waals surface area contributed by atoms with E-state index >= 15 is 0 Å². The second-order valence-electron chi connectivity index (χ2n) is 19.3. The molecule has 0 bridgehead atoms. The Morgan fingerprint density at radius 2 is 1.34 bits per heavy atom. The highest BCUT2D eigenvalue weighted by Gasteiger charge is 2.47. The minimum absolute atomic E-state index is 0.0227. The highest BCUT2D eigenvalue weighted by molar-refractivity contribution is 8.07. The Labute approximate surface area is 480 Å². The van der Waals surface area contributed by atoms with Crippen LogP contribution in [0.2, 0.25) is 0 Å². The molecule has 21 nitrogen and oxygen atoms in total. The summed E-state index contributed by atoms with van der Waals surface area (Å²) < 4.78 is 73.9. The van der Waals surface area contributed by atoms with E-state index in [0.717, 1.165) is 0 Å². The first-order chi connectivity index (χ1) is 40.1. The maximum absolute atomic E-state index is 14.1. The zero-order valence-corrected chi connectivity index (χ0v) is 47.2. The summed E-state index contributed by atoms with van der Waals surface area (Å²) in [6.07, 6.45) is -5.21. The van der Waals surface area contributed by atoms with Crippen molar-refractivity contribution in [3.63, 3.8) is 0 Å². The van der Waals surface area contributed by atoms with Gasteiger partial charge >= 0.3 is 24.1 Å². The number of amides is 2. The average molecular weight is 1180 g/mol. The number of hydrogen-bond acceptors (Lipinski definition) is 17. The highest BCUT2D eigenvalue weighted by Crippen LogP contribution is 2.57. The third kappa shape index (κ3) is 14.3. The van der Waals surface area contributed by atoms with Gasteiger partial charge in [-0.1, -0.05) is 103 Å². The molecule has 2 fully saturated rings. The van der Waals surface area contributed by atoms with Gasteiger partial charge in [0.15, 0.2) is 6.67 Å². The standard InChI is InChI=1S/C59H60FN6O15PS/c1-37-34-66(58(72)64-55(37)69)54-30-46(77-38(2)67)50(79-54)36-76-82(83,81-48(33-61-52(68)32-60)39-14-8-5-9-15-39)80-47-31-53(65-29-28-51(63-57(65)71)62-56(70)40-16-10-6-11-17-40)78-49(47)35-75-59(41-18-12-7-13-19-41,42-20-24-44(73-3)25-21-42)43-22-26-45(74-4)27-23-43/h5-29,34,46-50,53-54H,30-33,35-36H2,1-4H3,(H,61,68)(H,64,69,72)(H,62,63,70,71)/t46-,47-,48+,49+,50+,53+,54+,82?/m0/s1. The van der Waals surface area contributed by atoms with E-state index in [-0.39, 0.29) is 37.4 Å². The van der Waals surface area contributed by atoms with Crippen LogP contribution in [0.4, 0.5) is 10.2 Å². The number of halogens is 1. The predicted molar refractivity (Wildman–Crippen MR) is 304 cm³/mol. The molecule has 2 aliphatic heterocycles. The molecule has 7 aromatic rings. The first-order valence-electron chi connectivity index (χ1n) is 26.3. The molecule has 8 atom stereocenters. The van der Waals surface area contributed by atoms with Crippen molar-refractivity contribution in [2.24, 2.45) is 0 Å². The van der Waals surface area contributed by atoms with Gasteiger partial charge in [0.1, 0.15) is 59.8 Å². The van der Waals surface area contributed by atoms with E-state index in [1.54, 1.807) is 74.9 Å². The Bertz CT molecular complexity index is 3550. The number of anilines is 1. The number of rotatable bonds is 24.